The van der Waals surface area contributed by atoms with E-state index in [2.05, 4.69) is 4.98 Å². The van der Waals surface area contributed by atoms with Gasteiger partial charge in [0, 0.05) is 0 Å². The molecule has 2 aromatic heterocycles. The van der Waals surface area contributed by atoms with E-state index in [0.29, 0.717) is 10.7 Å². The Labute approximate surface area is 111 Å². The van der Waals surface area contributed by atoms with Crippen LogP contribution in [0, 0.1) is 17.0 Å². The predicted octanol–water partition coefficient (Wildman–Crippen LogP) is 2.74. The normalized spacial score (nSPS) is 10.4. The molecule has 0 fully saturated rings. The van der Waals surface area contributed by atoms with Crippen LogP contribution in [-0.2, 0) is 0 Å². The fourth-order valence-corrected chi connectivity index (χ4v) is 2.29. The van der Waals surface area contributed by atoms with Crippen molar-refractivity contribution in [2.75, 3.05) is 0 Å². The van der Waals surface area contributed by atoms with Gasteiger partial charge < -0.3 is 19.6 Å². The average Bonchev–Trinajstić information content (AvgIpc) is 2.75. The predicted molar refractivity (Wildman–Crippen MR) is 65.4 cm³/mol. The lowest BCUT2D eigenvalue weighted by Gasteiger charge is -2.02. The second-order valence-corrected chi connectivity index (χ2v) is 4.63. The van der Waals surface area contributed by atoms with E-state index in [-0.39, 0.29) is 5.56 Å². The molecule has 0 radical (unpaired) electrons. The standard InChI is InChI=1S/C11H8N2O5S/c1-6-8(2-3-18-6)19-9-5-12-10(13(16)17)4-7(9)11(14)15/h2-5H,1H3,(H,14,15). The summed E-state index contributed by atoms with van der Waals surface area (Å²) < 4.78 is 5.10. The molecule has 98 valence electrons. The highest BCUT2D eigenvalue weighted by Gasteiger charge is 2.19. The van der Waals surface area contributed by atoms with Crippen LogP contribution >= 0.6 is 11.8 Å². The number of carbonyl (C=O) groups is 1. The molecule has 19 heavy (non-hydrogen) atoms. The van der Waals surface area contributed by atoms with Crippen molar-refractivity contribution in [1.29, 1.82) is 0 Å². The summed E-state index contributed by atoms with van der Waals surface area (Å²) in [6.07, 6.45) is 2.66. The zero-order valence-electron chi connectivity index (χ0n) is 9.69. The first-order valence-electron chi connectivity index (χ1n) is 5.08. The number of carboxylic acid groups (broad SMARTS) is 1. The highest BCUT2D eigenvalue weighted by molar-refractivity contribution is 7.99. The molecule has 0 saturated heterocycles. The van der Waals surface area contributed by atoms with Crippen LogP contribution in [0.1, 0.15) is 16.1 Å². The maximum Gasteiger partial charge on any atom is 0.364 e. The van der Waals surface area contributed by atoms with Gasteiger partial charge in [-0.2, -0.15) is 0 Å². The van der Waals surface area contributed by atoms with E-state index < -0.39 is 16.7 Å². The summed E-state index contributed by atoms with van der Waals surface area (Å²) in [4.78, 5) is 25.7. The fourth-order valence-electron chi connectivity index (χ4n) is 1.38. The molecule has 2 aromatic rings. The first-order valence-corrected chi connectivity index (χ1v) is 5.90. The average molecular weight is 280 g/mol. The number of carboxylic acids is 1. The Hall–Kier alpha value is -2.35. The van der Waals surface area contributed by atoms with Gasteiger partial charge in [-0.15, -0.1) is 0 Å². The molecule has 7 nitrogen and oxygen atoms in total. The van der Waals surface area contributed by atoms with Crippen molar-refractivity contribution in [2.24, 2.45) is 0 Å². The summed E-state index contributed by atoms with van der Waals surface area (Å²) >= 11 is 1.14. The number of nitrogens with zero attached hydrogens (tertiary/aromatic N) is 2. The van der Waals surface area contributed by atoms with Crippen molar-refractivity contribution in [1.82, 2.24) is 4.98 Å². The third-order valence-corrected chi connectivity index (χ3v) is 3.49. The highest BCUT2D eigenvalue weighted by Crippen LogP contribution is 2.33. The molecule has 0 aromatic carbocycles. The number of nitro groups is 1. The Morgan fingerprint density at radius 3 is 2.79 bits per heavy atom. The van der Waals surface area contributed by atoms with Gasteiger partial charge in [0.15, 0.2) is 6.20 Å². The number of hydrogen-bond acceptors (Lipinski definition) is 6. The molecule has 0 aliphatic carbocycles. The summed E-state index contributed by atoms with van der Waals surface area (Å²) in [5.74, 6) is -1.10. The molecule has 0 bridgehead atoms. The van der Waals surface area contributed by atoms with Crippen molar-refractivity contribution in [3.63, 3.8) is 0 Å². The zero-order valence-corrected chi connectivity index (χ0v) is 10.5. The van der Waals surface area contributed by atoms with Gasteiger partial charge in [-0.05, 0) is 22.9 Å². The second-order valence-electron chi connectivity index (χ2n) is 3.54. The van der Waals surface area contributed by atoms with Gasteiger partial charge in [0.2, 0.25) is 0 Å². The number of hydrogen-bond donors (Lipinski definition) is 1. The molecule has 0 amide bonds. The molecule has 0 saturated carbocycles. The van der Waals surface area contributed by atoms with Crippen molar-refractivity contribution in [3.8, 4) is 0 Å². The number of rotatable bonds is 4. The number of furan rings is 1. The van der Waals surface area contributed by atoms with E-state index >= 15 is 0 Å². The smallest absolute Gasteiger partial charge is 0.364 e. The Balaban J connectivity index is 2.43. The third-order valence-electron chi connectivity index (χ3n) is 2.30. The van der Waals surface area contributed by atoms with E-state index in [4.69, 9.17) is 9.52 Å². The van der Waals surface area contributed by atoms with Gasteiger partial charge in [0.25, 0.3) is 0 Å². The lowest BCUT2D eigenvalue weighted by atomic mass is 10.2. The maximum absolute atomic E-state index is 11.1. The van der Waals surface area contributed by atoms with Crippen LogP contribution in [0.2, 0.25) is 0 Å². The van der Waals surface area contributed by atoms with Crippen LogP contribution < -0.4 is 0 Å². The largest absolute Gasteiger partial charge is 0.478 e. The number of aromatic carboxylic acids is 1. The van der Waals surface area contributed by atoms with Gasteiger partial charge in [0.05, 0.1) is 27.7 Å². The van der Waals surface area contributed by atoms with Crippen LogP contribution in [0.15, 0.2) is 38.8 Å². The van der Waals surface area contributed by atoms with Crippen molar-refractivity contribution in [2.45, 2.75) is 16.7 Å². The van der Waals surface area contributed by atoms with E-state index in [0.717, 1.165) is 22.7 Å². The highest BCUT2D eigenvalue weighted by atomic mass is 32.2. The monoisotopic (exact) mass is 280 g/mol. The second kappa shape index (κ2) is 5.11. The molecule has 2 heterocycles. The Morgan fingerprint density at radius 1 is 1.53 bits per heavy atom. The zero-order chi connectivity index (χ0) is 14.0. The van der Waals surface area contributed by atoms with Crippen molar-refractivity contribution >= 4 is 23.5 Å². The van der Waals surface area contributed by atoms with Crippen LogP contribution in [0.25, 0.3) is 0 Å². The molecule has 0 unspecified atom stereocenters. The molecule has 0 aliphatic heterocycles. The first-order chi connectivity index (χ1) is 8.99. The third kappa shape index (κ3) is 2.74. The van der Waals surface area contributed by atoms with E-state index in [9.17, 15) is 14.9 Å². The lowest BCUT2D eigenvalue weighted by molar-refractivity contribution is -0.389. The minimum atomic E-state index is -1.24. The number of pyridine rings is 1. The van der Waals surface area contributed by atoms with Gasteiger partial charge in [-0.3, -0.25) is 0 Å². The Morgan fingerprint density at radius 2 is 2.26 bits per heavy atom. The molecular formula is C11H8N2O5S. The van der Waals surface area contributed by atoms with E-state index in [1.807, 2.05) is 0 Å². The van der Waals surface area contributed by atoms with Gasteiger partial charge in [-0.25, -0.2) is 4.79 Å². The minimum Gasteiger partial charge on any atom is -0.478 e. The van der Waals surface area contributed by atoms with E-state index in [1.54, 1.807) is 13.0 Å². The van der Waals surface area contributed by atoms with Gasteiger partial charge in [0.1, 0.15) is 5.76 Å². The van der Waals surface area contributed by atoms with Crippen molar-refractivity contribution in [3.05, 3.63) is 46.0 Å². The molecule has 0 aliphatic rings. The molecule has 0 spiro atoms. The molecule has 8 heteroatoms. The molecular weight excluding hydrogens is 272 g/mol. The lowest BCUT2D eigenvalue weighted by Crippen LogP contribution is -2.02. The molecule has 1 N–H and O–H groups in total. The van der Waals surface area contributed by atoms with Crippen LogP contribution in [-0.4, -0.2) is 21.0 Å². The summed E-state index contributed by atoms with van der Waals surface area (Å²) in [7, 11) is 0. The van der Waals surface area contributed by atoms with Crippen LogP contribution in [0.4, 0.5) is 5.82 Å². The van der Waals surface area contributed by atoms with Crippen molar-refractivity contribution < 1.29 is 19.2 Å². The van der Waals surface area contributed by atoms with Crippen LogP contribution in [0.3, 0.4) is 0 Å². The topological polar surface area (TPSA) is 106 Å². The summed E-state index contributed by atoms with van der Waals surface area (Å²) in [5, 5.41) is 19.7. The Bertz CT molecular complexity index is 652. The number of aryl methyl sites for hydroxylation is 1. The van der Waals surface area contributed by atoms with Crippen LogP contribution in [0.5, 0.6) is 0 Å². The molecule has 2 rings (SSSR count). The first kappa shape index (κ1) is 13.1. The number of aromatic nitrogens is 1. The fraction of sp³-hybridized carbons (Fsp3) is 0.0909. The van der Waals surface area contributed by atoms with E-state index in [1.165, 1.54) is 12.5 Å². The minimum absolute atomic E-state index is 0.160. The summed E-state index contributed by atoms with van der Waals surface area (Å²) in [6.45, 7) is 1.74. The summed E-state index contributed by atoms with van der Waals surface area (Å²) in [6, 6.07) is 2.63. The van der Waals surface area contributed by atoms with Gasteiger partial charge in [-0.1, -0.05) is 11.8 Å². The SMILES string of the molecule is Cc1occc1Sc1cnc([N+](=O)[O-])cc1C(=O)O. The Kier molecular flexibility index (Phi) is 3.52. The summed E-state index contributed by atoms with van der Waals surface area (Å²) in [5.41, 5.74) is -0.160. The molecule has 0 atom stereocenters. The maximum atomic E-state index is 11.1. The quantitative estimate of drug-likeness (QED) is 0.677. The van der Waals surface area contributed by atoms with Gasteiger partial charge >= 0.3 is 11.8 Å².